The molecule has 0 saturated carbocycles. The first-order chi connectivity index (χ1) is 16.5. The van der Waals surface area contributed by atoms with Gasteiger partial charge in [-0.1, -0.05) is 60.7 Å². The van der Waals surface area contributed by atoms with Crippen LogP contribution < -0.4 is 9.47 Å². The summed E-state index contributed by atoms with van der Waals surface area (Å²) in [7, 11) is 0. The van der Waals surface area contributed by atoms with Crippen molar-refractivity contribution in [3.8, 4) is 11.5 Å². The van der Waals surface area contributed by atoms with E-state index in [2.05, 4.69) is 30.4 Å². The van der Waals surface area contributed by atoms with E-state index in [4.69, 9.17) is 9.47 Å². The van der Waals surface area contributed by atoms with Crippen LogP contribution in [-0.4, -0.2) is 0 Å². The van der Waals surface area contributed by atoms with Crippen molar-refractivity contribution in [1.82, 2.24) is 0 Å². The van der Waals surface area contributed by atoms with Crippen LogP contribution in [0.2, 0.25) is 0 Å². The largest absolute Gasteiger partial charge is 0.489 e. The molecule has 0 unspecified atom stereocenters. The minimum Gasteiger partial charge on any atom is -0.489 e. The molecule has 0 aliphatic heterocycles. The Morgan fingerprint density at radius 3 is 1.65 bits per heavy atom. The lowest BCUT2D eigenvalue weighted by Gasteiger charge is -2.19. The van der Waals surface area contributed by atoms with Gasteiger partial charge in [0.1, 0.15) is 18.1 Å². The van der Waals surface area contributed by atoms with Gasteiger partial charge < -0.3 is 9.47 Å². The van der Waals surface area contributed by atoms with Gasteiger partial charge in [0, 0.05) is 0 Å². The molecule has 4 heteroatoms. The fraction of sp³-hybridized carbons (Fsp3) is 0.267. The van der Waals surface area contributed by atoms with Crippen molar-refractivity contribution in [1.29, 1.82) is 0 Å². The molecule has 3 rings (SSSR count). The monoisotopic (exact) mass is 462 g/mol. The molecule has 0 atom stereocenters. The lowest BCUT2D eigenvalue weighted by molar-refractivity contribution is -0.185. The molecule has 0 saturated heterocycles. The Kier molecular flexibility index (Phi) is 9.45. The summed E-state index contributed by atoms with van der Waals surface area (Å²) in [6, 6.07) is 20.8. The number of allylic oxidation sites excluding steroid dienone is 4. The van der Waals surface area contributed by atoms with Gasteiger partial charge in [0.15, 0.2) is 0 Å². The molecular weight excluding hydrogens is 430 g/mol. The zero-order valence-electron chi connectivity index (χ0n) is 19.8. The Morgan fingerprint density at radius 2 is 1.12 bits per heavy atom. The minimum atomic E-state index is -3.44. The fourth-order valence-corrected chi connectivity index (χ4v) is 3.48. The minimum absolute atomic E-state index is 0.134. The Morgan fingerprint density at radius 1 is 0.647 bits per heavy atom. The number of aryl methyl sites for hydroxylation is 2. The van der Waals surface area contributed by atoms with Gasteiger partial charge in [-0.15, -0.1) is 0 Å². The molecule has 0 aliphatic rings. The third-order valence-corrected chi connectivity index (χ3v) is 5.46. The van der Waals surface area contributed by atoms with Crippen molar-refractivity contribution in [2.75, 3.05) is 0 Å². The summed E-state index contributed by atoms with van der Waals surface area (Å²) in [5.74, 6) is 0.663. The van der Waals surface area contributed by atoms with Gasteiger partial charge >= 0.3 is 6.11 Å². The highest BCUT2D eigenvalue weighted by atomic mass is 19.3. The van der Waals surface area contributed by atoms with Gasteiger partial charge in [0.2, 0.25) is 0 Å². The van der Waals surface area contributed by atoms with Gasteiger partial charge in [0.25, 0.3) is 0 Å². The average molecular weight is 463 g/mol. The van der Waals surface area contributed by atoms with Gasteiger partial charge in [-0.25, -0.2) is 0 Å². The number of hydrogen-bond donors (Lipinski definition) is 0. The van der Waals surface area contributed by atoms with E-state index >= 15 is 0 Å². The molecule has 0 amide bonds. The molecule has 0 fully saturated rings. The van der Waals surface area contributed by atoms with E-state index in [1.54, 1.807) is 24.3 Å². The molecule has 0 aromatic heterocycles. The molecule has 0 N–H and O–H groups in total. The Labute approximate surface area is 201 Å². The number of alkyl halides is 2. The Hall–Kier alpha value is -3.40. The van der Waals surface area contributed by atoms with Gasteiger partial charge in [-0.05, 0) is 92.6 Å². The van der Waals surface area contributed by atoms with Gasteiger partial charge in [-0.3, -0.25) is 0 Å². The van der Waals surface area contributed by atoms with E-state index in [0.717, 1.165) is 36.8 Å². The van der Waals surface area contributed by atoms with Crippen LogP contribution in [0.15, 0.2) is 97.1 Å². The zero-order chi connectivity index (χ0) is 24.2. The second kappa shape index (κ2) is 12.7. The van der Waals surface area contributed by atoms with Crippen molar-refractivity contribution in [2.45, 2.75) is 52.2 Å². The highest BCUT2D eigenvalue weighted by molar-refractivity contribution is 5.32. The van der Waals surface area contributed by atoms with Gasteiger partial charge in [-0.2, -0.15) is 8.78 Å². The summed E-state index contributed by atoms with van der Waals surface area (Å²) in [6.07, 6.45) is 8.66. The third kappa shape index (κ3) is 7.87. The number of hydrogen-bond acceptors (Lipinski definition) is 2. The van der Waals surface area contributed by atoms with Crippen LogP contribution in [0.3, 0.4) is 0 Å². The number of ether oxygens (including phenoxy) is 2. The van der Waals surface area contributed by atoms with Crippen molar-refractivity contribution >= 4 is 0 Å². The van der Waals surface area contributed by atoms with Crippen LogP contribution in [0.5, 0.6) is 11.5 Å². The molecule has 3 aromatic carbocycles. The van der Waals surface area contributed by atoms with Gasteiger partial charge in [0.05, 0.1) is 5.56 Å². The molecule has 0 radical (unpaired) electrons. The number of halogens is 2. The molecule has 0 aliphatic carbocycles. The normalized spacial score (nSPS) is 11.9. The number of benzene rings is 3. The molecule has 0 bridgehead atoms. The molecule has 0 spiro atoms. The molecule has 0 heterocycles. The van der Waals surface area contributed by atoms with Crippen molar-refractivity contribution in [2.24, 2.45) is 0 Å². The highest BCUT2D eigenvalue weighted by Gasteiger charge is 2.34. The third-order valence-electron chi connectivity index (χ3n) is 5.46. The first kappa shape index (κ1) is 25.2. The smallest absolute Gasteiger partial charge is 0.426 e. The summed E-state index contributed by atoms with van der Waals surface area (Å²) in [4.78, 5) is 0. The SMILES string of the molecule is C/C=C/CCc1ccc(COc2ccc(C(F)(F)Oc3ccc(CC/C=C/C)cc3)cc2)cc1. The zero-order valence-corrected chi connectivity index (χ0v) is 19.8. The molecule has 178 valence electrons. The Bertz CT molecular complexity index is 1050. The summed E-state index contributed by atoms with van der Waals surface area (Å²) in [6.45, 7) is 4.37. The molecule has 3 aromatic rings. The predicted molar refractivity (Wildman–Crippen MR) is 134 cm³/mol. The van der Waals surface area contributed by atoms with Crippen LogP contribution in [0.1, 0.15) is 48.9 Å². The van der Waals surface area contributed by atoms with E-state index in [1.807, 2.05) is 44.2 Å². The maximum Gasteiger partial charge on any atom is 0.426 e. The van der Waals surface area contributed by atoms with Crippen LogP contribution in [0.25, 0.3) is 0 Å². The van der Waals surface area contributed by atoms with Crippen molar-refractivity contribution in [3.63, 3.8) is 0 Å². The van der Waals surface area contributed by atoms with Crippen LogP contribution in [-0.2, 0) is 25.6 Å². The molecule has 2 nitrogen and oxygen atoms in total. The fourth-order valence-electron chi connectivity index (χ4n) is 3.48. The topological polar surface area (TPSA) is 18.5 Å². The summed E-state index contributed by atoms with van der Waals surface area (Å²) >= 11 is 0. The first-order valence-electron chi connectivity index (χ1n) is 11.7. The van der Waals surface area contributed by atoms with Crippen LogP contribution in [0.4, 0.5) is 8.78 Å². The van der Waals surface area contributed by atoms with Crippen molar-refractivity contribution < 1.29 is 18.3 Å². The average Bonchev–Trinajstić information content (AvgIpc) is 2.85. The Balaban J connectivity index is 1.52. The van der Waals surface area contributed by atoms with E-state index in [-0.39, 0.29) is 11.3 Å². The summed E-state index contributed by atoms with van der Waals surface area (Å²) in [5.41, 5.74) is 3.17. The predicted octanol–water partition coefficient (Wildman–Crippen LogP) is 8.41. The maximum atomic E-state index is 14.6. The van der Waals surface area contributed by atoms with Crippen LogP contribution in [0, 0.1) is 0 Å². The highest BCUT2D eigenvalue weighted by Crippen LogP contribution is 2.32. The maximum absolute atomic E-state index is 14.6. The molecule has 34 heavy (non-hydrogen) atoms. The second-order valence-corrected chi connectivity index (χ2v) is 8.11. The van der Waals surface area contributed by atoms with Crippen molar-refractivity contribution in [3.05, 3.63) is 119 Å². The van der Waals surface area contributed by atoms with E-state index in [0.29, 0.717) is 12.4 Å². The quantitative estimate of drug-likeness (QED) is 0.252. The molecular formula is C30H32F2O2. The first-order valence-corrected chi connectivity index (χ1v) is 11.7. The summed E-state index contributed by atoms with van der Waals surface area (Å²) < 4.78 is 40.1. The lowest BCUT2D eigenvalue weighted by Crippen LogP contribution is -2.21. The standard InChI is InChI=1S/C30H32F2O2/c1-3-5-7-9-24-11-13-26(14-12-24)23-33-28-21-17-27(18-22-28)30(31,32)34-29-19-15-25(16-20-29)10-8-6-4-2/h3-6,11-22H,7-10,23H2,1-2H3/b5-3+,6-4+. The van der Waals surface area contributed by atoms with E-state index in [9.17, 15) is 8.78 Å². The van der Waals surface area contributed by atoms with E-state index < -0.39 is 6.11 Å². The summed E-state index contributed by atoms with van der Waals surface area (Å²) in [5, 5.41) is 0. The van der Waals surface area contributed by atoms with E-state index in [1.165, 1.54) is 17.7 Å². The number of rotatable bonds is 12. The second-order valence-electron chi connectivity index (χ2n) is 8.11. The lowest BCUT2D eigenvalue weighted by atomic mass is 10.1. The van der Waals surface area contributed by atoms with Crippen LogP contribution >= 0.6 is 0 Å².